The first-order chi connectivity index (χ1) is 8.22. The van der Waals surface area contributed by atoms with Crippen LogP contribution >= 0.6 is 11.3 Å². The van der Waals surface area contributed by atoms with Crippen LogP contribution in [0.15, 0.2) is 10.9 Å². The van der Waals surface area contributed by atoms with Gasteiger partial charge in [0.15, 0.2) is 6.10 Å². The lowest BCUT2D eigenvalue weighted by Crippen LogP contribution is -2.51. The number of hydrogen-bond donors (Lipinski definition) is 1. The SMILES string of the molecule is CNC(=O)C1CN(C(=O)c2cscn2)CCO1. The van der Waals surface area contributed by atoms with Crippen molar-refractivity contribution in [3.63, 3.8) is 0 Å². The van der Waals surface area contributed by atoms with Gasteiger partial charge in [0.05, 0.1) is 18.7 Å². The molecule has 92 valence electrons. The summed E-state index contributed by atoms with van der Waals surface area (Å²) in [5.41, 5.74) is 2.04. The van der Waals surface area contributed by atoms with Gasteiger partial charge in [0.2, 0.25) is 0 Å². The van der Waals surface area contributed by atoms with Crippen molar-refractivity contribution in [2.24, 2.45) is 0 Å². The molecule has 0 aliphatic carbocycles. The average Bonchev–Trinajstić information content (AvgIpc) is 2.91. The Morgan fingerprint density at radius 2 is 2.47 bits per heavy atom. The Hall–Kier alpha value is -1.47. The molecule has 1 saturated heterocycles. The lowest BCUT2D eigenvalue weighted by atomic mass is 10.2. The van der Waals surface area contributed by atoms with Crippen LogP contribution < -0.4 is 5.32 Å². The van der Waals surface area contributed by atoms with Crippen LogP contribution in [0, 0.1) is 0 Å². The standard InChI is InChI=1S/C10H13N3O3S/c1-11-9(14)8-4-13(2-3-16-8)10(15)7-5-17-6-12-7/h5-6,8H,2-4H2,1H3,(H,11,14). The quantitative estimate of drug-likeness (QED) is 0.789. The number of hydrogen-bond acceptors (Lipinski definition) is 5. The van der Waals surface area contributed by atoms with E-state index in [0.717, 1.165) is 0 Å². The lowest BCUT2D eigenvalue weighted by molar-refractivity contribution is -0.136. The van der Waals surface area contributed by atoms with Crippen molar-refractivity contribution in [3.8, 4) is 0 Å². The molecule has 0 spiro atoms. The molecule has 2 heterocycles. The maximum absolute atomic E-state index is 12.0. The molecule has 1 unspecified atom stereocenters. The summed E-state index contributed by atoms with van der Waals surface area (Å²) in [6.45, 7) is 1.13. The molecule has 17 heavy (non-hydrogen) atoms. The van der Waals surface area contributed by atoms with Crippen LogP contribution in [0.2, 0.25) is 0 Å². The summed E-state index contributed by atoms with van der Waals surface area (Å²) in [4.78, 5) is 29.0. The van der Waals surface area contributed by atoms with E-state index in [9.17, 15) is 9.59 Å². The number of rotatable bonds is 2. The number of carbonyl (C=O) groups excluding carboxylic acids is 2. The Kier molecular flexibility index (Phi) is 3.70. The Morgan fingerprint density at radius 3 is 3.12 bits per heavy atom. The first-order valence-electron chi connectivity index (χ1n) is 5.23. The molecule has 6 nitrogen and oxygen atoms in total. The third-order valence-corrected chi connectivity index (χ3v) is 3.13. The molecule has 0 saturated carbocycles. The Balaban J connectivity index is 2.02. The molecule has 2 amide bonds. The second-order valence-electron chi connectivity index (χ2n) is 3.60. The monoisotopic (exact) mass is 255 g/mol. The van der Waals surface area contributed by atoms with Crippen molar-refractivity contribution in [1.82, 2.24) is 15.2 Å². The highest BCUT2D eigenvalue weighted by Crippen LogP contribution is 2.11. The summed E-state index contributed by atoms with van der Waals surface area (Å²) in [6.07, 6.45) is -0.587. The summed E-state index contributed by atoms with van der Waals surface area (Å²) in [7, 11) is 1.55. The molecule has 2 rings (SSSR count). The summed E-state index contributed by atoms with van der Waals surface area (Å²) in [5, 5.41) is 4.21. The fourth-order valence-electron chi connectivity index (χ4n) is 1.63. The molecule has 1 atom stereocenters. The van der Waals surface area contributed by atoms with Gasteiger partial charge in [-0.3, -0.25) is 9.59 Å². The third-order valence-electron chi connectivity index (χ3n) is 2.54. The minimum atomic E-state index is -0.587. The smallest absolute Gasteiger partial charge is 0.273 e. The van der Waals surface area contributed by atoms with E-state index in [-0.39, 0.29) is 18.4 Å². The first-order valence-corrected chi connectivity index (χ1v) is 6.17. The van der Waals surface area contributed by atoms with Gasteiger partial charge in [0.25, 0.3) is 11.8 Å². The molecule has 0 aromatic carbocycles. The normalized spacial score (nSPS) is 20.1. The number of ether oxygens (including phenoxy) is 1. The molecule has 0 bridgehead atoms. The number of morpholine rings is 1. The Morgan fingerprint density at radius 1 is 1.65 bits per heavy atom. The zero-order valence-electron chi connectivity index (χ0n) is 9.38. The molecule has 1 aromatic rings. The topological polar surface area (TPSA) is 71.5 Å². The average molecular weight is 255 g/mol. The van der Waals surface area contributed by atoms with E-state index in [4.69, 9.17) is 4.74 Å². The van der Waals surface area contributed by atoms with E-state index in [1.54, 1.807) is 22.8 Å². The molecule has 0 radical (unpaired) electrons. The maximum atomic E-state index is 12.0. The van der Waals surface area contributed by atoms with Gasteiger partial charge in [0.1, 0.15) is 5.69 Å². The van der Waals surface area contributed by atoms with Crippen molar-refractivity contribution in [2.45, 2.75) is 6.10 Å². The molecular weight excluding hydrogens is 242 g/mol. The van der Waals surface area contributed by atoms with Crippen molar-refractivity contribution in [3.05, 3.63) is 16.6 Å². The highest BCUT2D eigenvalue weighted by atomic mass is 32.1. The van der Waals surface area contributed by atoms with Gasteiger partial charge in [-0.25, -0.2) is 4.98 Å². The fourth-order valence-corrected chi connectivity index (χ4v) is 2.16. The number of likely N-dealkylation sites (N-methyl/N-ethyl adjacent to an activating group) is 1. The van der Waals surface area contributed by atoms with Crippen molar-refractivity contribution in [2.75, 3.05) is 26.7 Å². The highest BCUT2D eigenvalue weighted by Gasteiger charge is 2.29. The van der Waals surface area contributed by atoms with Gasteiger partial charge in [-0.05, 0) is 0 Å². The molecule has 1 aromatic heterocycles. The fraction of sp³-hybridized carbons (Fsp3) is 0.500. The Bertz CT molecular complexity index is 407. The largest absolute Gasteiger partial charge is 0.365 e. The second-order valence-corrected chi connectivity index (χ2v) is 4.32. The van der Waals surface area contributed by atoms with Crippen LogP contribution in [0.1, 0.15) is 10.5 Å². The van der Waals surface area contributed by atoms with E-state index >= 15 is 0 Å². The number of nitrogens with zero attached hydrogens (tertiary/aromatic N) is 2. The molecule has 1 aliphatic rings. The molecule has 7 heteroatoms. The maximum Gasteiger partial charge on any atom is 0.273 e. The summed E-state index contributed by atoms with van der Waals surface area (Å²) in [5.74, 6) is -0.357. The minimum Gasteiger partial charge on any atom is -0.365 e. The van der Waals surface area contributed by atoms with Crippen LogP contribution in [0.25, 0.3) is 0 Å². The first kappa shape index (κ1) is 12.0. The van der Waals surface area contributed by atoms with Crippen molar-refractivity contribution < 1.29 is 14.3 Å². The highest BCUT2D eigenvalue weighted by molar-refractivity contribution is 7.07. The van der Waals surface area contributed by atoms with E-state index < -0.39 is 6.10 Å². The third kappa shape index (κ3) is 2.62. The van der Waals surface area contributed by atoms with Gasteiger partial charge in [-0.1, -0.05) is 0 Å². The zero-order valence-corrected chi connectivity index (χ0v) is 10.2. The van der Waals surface area contributed by atoms with Crippen LogP contribution in [0.4, 0.5) is 0 Å². The van der Waals surface area contributed by atoms with Crippen molar-refractivity contribution in [1.29, 1.82) is 0 Å². The molecule has 1 N–H and O–H groups in total. The molecular formula is C10H13N3O3S. The van der Waals surface area contributed by atoms with E-state index in [2.05, 4.69) is 10.3 Å². The number of amides is 2. The number of nitrogens with one attached hydrogen (secondary N) is 1. The van der Waals surface area contributed by atoms with Crippen LogP contribution in [0.5, 0.6) is 0 Å². The van der Waals surface area contributed by atoms with Gasteiger partial charge in [-0.15, -0.1) is 11.3 Å². The summed E-state index contributed by atoms with van der Waals surface area (Å²) >= 11 is 1.37. The summed E-state index contributed by atoms with van der Waals surface area (Å²) in [6, 6.07) is 0. The van der Waals surface area contributed by atoms with Gasteiger partial charge in [-0.2, -0.15) is 0 Å². The van der Waals surface area contributed by atoms with Crippen LogP contribution in [-0.2, 0) is 9.53 Å². The van der Waals surface area contributed by atoms with Crippen LogP contribution in [-0.4, -0.2) is 54.5 Å². The molecule has 1 fully saturated rings. The number of aromatic nitrogens is 1. The van der Waals surface area contributed by atoms with E-state index in [0.29, 0.717) is 18.8 Å². The lowest BCUT2D eigenvalue weighted by Gasteiger charge is -2.31. The van der Waals surface area contributed by atoms with Crippen molar-refractivity contribution >= 4 is 23.2 Å². The van der Waals surface area contributed by atoms with Gasteiger partial charge >= 0.3 is 0 Å². The second kappa shape index (κ2) is 5.24. The predicted octanol–water partition coefficient (Wildman–Crippen LogP) is -0.270. The molecule has 1 aliphatic heterocycles. The van der Waals surface area contributed by atoms with Gasteiger partial charge in [0, 0.05) is 19.0 Å². The predicted molar refractivity (Wildman–Crippen MR) is 61.8 cm³/mol. The number of thiazole rings is 1. The number of carbonyl (C=O) groups is 2. The van der Waals surface area contributed by atoms with E-state index in [1.165, 1.54) is 11.3 Å². The summed E-state index contributed by atoms with van der Waals surface area (Å²) < 4.78 is 5.30. The van der Waals surface area contributed by atoms with Crippen LogP contribution in [0.3, 0.4) is 0 Å². The Labute approximate surface area is 103 Å². The minimum absolute atomic E-state index is 0.150. The van der Waals surface area contributed by atoms with Gasteiger partial charge < -0.3 is 15.0 Å². The zero-order chi connectivity index (χ0) is 12.3. The van der Waals surface area contributed by atoms with E-state index in [1.807, 2.05) is 0 Å².